The second-order valence-corrected chi connectivity index (χ2v) is 5.35. The first-order chi connectivity index (χ1) is 10.0. The van der Waals surface area contributed by atoms with E-state index < -0.39 is 0 Å². The highest BCUT2D eigenvalue weighted by molar-refractivity contribution is 5.86. The van der Waals surface area contributed by atoms with Crippen LogP contribution < -0.4 is 5.32 Å². The van der Waals surface area contributed by atoms with Gasteiger partial charge in [-0.1, -0.05) is 0 Å². The van der Waals surface area contributed by atoms with E-state index in [0.717, 1.165) is 24.4 Å². The Morgan fingerprint density at radius 3 is 2.76 bits per heavy atom. The highest BCUT2D eigenvalue weighted by Gasteiger charge is 2.29. The lowest BCUT2D eigenvalue weighted by atomic mass is 10.2. The maximum atomic E-state index is 11.9. The number of nitrogens with one attached hydrogen (secondary N) is 1. The summed E-state index contributed by atoms with van der Waals surface area (Å²) < 4.78 is 1.75. The molecule has 3 rings (SSSR count). The molecule has 3 heterocycles. The van der Waals surface area contributed by atoms with Crippen LogP contribution in [0.5, 0.6) is 0 Å². The summed E-state index contributed by atoms with van der Waals surface area (Å²) in [4.78, 5) is 22.3. The monoisotopic (exact) mass is 286 g/mol. The van der Waals surface area contributed by atoms with Crippen molar-refractivity contribution < 1.29 is 4.79 Å². The molecule has 21 heavy (non-hydrogen) atoms. The molecule has 0 saturated carbocycles. The van der Waals surface area contributed by atoms with Crippen LogP contribution in [0.1, 0.15) is 17.8 Å². The number of anilines is 1. The van der Waals surface area contributed by atoms with Gasteiger partial charge in [0.2, 0.25) is 5.91 Å². The molecule has 0 spiro atoms. The minimum atomic E-state index is -0.222. The lowest BCUT2D eigenvalue weighted by Crippen LogP contribution is -2.31. The van der Waals surface area contributed by atoms with Gasteiger partial charge in [0.05, 0.1) is 18.1 Å². The van der Waals surface area contributed by atoms with Gasteiger partial charge in [-0.05, 0) is 26.3 Å². The number of likely N-dealkylation sites (N-methyl/N-ethyl adjacent to an activating group) is 1. The Morgan fingerprint density at radius 2 is 2.14 bits per heavy atom. The lowest BCUT2D eigenvalue weighted by molar-refractivity contribution is -0.127. The van der Waals surface area contributed by atoms with E-state index in [2.05, 4.69) is 20.4 Å². The van der Waals surface area contributed by atoms with Crippen LogP contribution in [-0.2, 0) is 4.79 Å². The molecule has 0 aromatic carbocycles. The zero-order valence-corrected chi connectivity index (χ0v) is 12.4. The maximum absolute atomic E-state index is 11.9. The minimum Gasteiger partial charge on any atom is -0.357 e. The third-order valence-corrected chi connectivity index (χ3v) is 3.60. The zero-order valence-electron chi connectivity index (χ0n) is 12.4. The topological polar surface area (TPSA) is 75.9 Å². The average molecular weight is 286 g/mol. The van der Waals surface area contributed by atoms with Crippen LogP contribution in [-0.4, -0.2) is 50.2 Å². The largest absolute Gasteiger partial charge is 0.357 e. The second kappa shape index (κ2) is 5.16. The first-order valence-electron chi connectivity index (χ1n) is 6.92. The highest BCUT2D eigenvalue weighted by Crippen LogP contribution is 2.16. The number of carbonyl (C=O) groups excluding carboxylic acids is 1. The number of likely N-dealkylation sites (tertiary alicyclic amines) is 1. The summed E-state index contributed by atoms with van der Waals surface area (Å²) in [7, 11) is 1.81. The van der Waals surface area contributed by atoms with E-state index >= 15 is 0 Å². The average Bonchev–Trinajstić information content (AvgIpc) is 2.95. The molecule has 7 nitrogen and oxygen atoms in total. The molecular weight excluding hydrogens is 268 g/mol. The minimum absolute atomic E-state index is 0.0910. The van der Waals surface area contributed by atoms with Gasteiger partial charge in [0.1, 0.15) is 11.9 Å². The van der Waals surface area contributed by atoms with Crippen molar-refractivity contribution in [1.29, 1.82) is 0 Å². The molecule has 1 N–H and O–H groups in total. The molecule has 0 bridgehead atoms. The van der Waals surface area contributed by atoms with Gasteiger partial charge in [-0.2, -0.15) is 5.10 Å². The van der Waals surface area contributed by atoms with E-state index in [0.29, 0.717) is 11.6 Å². The van der Waals surface area contributed by atoms with Crippen molar-refractivity contribution in [1.82, 2.24) is 24.6 Å². The summed E-state index contributed by atoms with van der Waals surface area (Å²) in [5, 5.41) is 7.54. The second-order valence-electron chi connectivity index (χ2n) is 5.35. The van der Waals surface area contributed by atoms with E-state index in [4.69, 9.17) is 0 Å². The van der Waals surface area contributed by atoms with E-state index in [1.54, 1.807) is 22.0 Å². The van der Waals surface area contributed by atoms with Crippen LogP contribution in [0, 0.1) is 13.8 Å². The molecule has 2 aromatic heterocycles. The fraction of sp³-hybridized carbons (Fsp3) is 0.429. The summed E-state index contributed by atoms with van der Waals surface area (Å²) in [5.74, 6) is 1.33. The van der Waals surface area contributed by atoms with E-state index in [-0.39, 0.29) is 11.9 Å². The molecule has 1 aliphatic rings. The smallest absolute Gasteiger partial charge is 0.244 e. The Labute approximate surface area is 123 Å². The van der Waals surface area contributed by atoms with E-state index in [9.17, 15) is 4.79 Å². The Morgan fingerprint density at radius 1 is 1.33 bits per heavy atom. The van der Waals surface area contributed by atoms with Crippen molar-refractivity contribution in [2.45, 2.75) is 26.3 Å². The zero-order chi connectivity index (χ0) is 15.0. The number of carbonyl (C=O) groups is 1. The number of amides is 1. The number of rotatable bonds is 3. The molecular formula is C14H18N6O. The summed E-state index contributed by atoms with van der Waals surface area (Å²) in [6.07, 6.45) is 4.06. The van der Waals surface area contributed by atoms with Crippen LogP contribution in [0.2, 0.25) is 0 Å². The van der Waals surface area contributed by atoms with Crippen molar-refractivity contribution >= 4 is 11.7 Å². The Bertz CT molecular complexity index is 680. The number of nitrogens with zero attached hydrogens (tertiary/aromatic N) is 5. The van der Waals surface area contributed by atoms with Gasteiger partial charge in [-0.15, -0.1) is 0 Å². The Kier molecular flexibility index (Phi) is 3.32. The van der Waals surface area contributed by atoms with Crippen molar-refractivity contribution in [3.05, 3.63) is 29.8 Å². The molecule has 1 fully saturated rings. The van der Waals surface area contributed by atoms with Crippen LogP contribution in [0.25, 0.3) is 5.82 Å². The molecule has 1 atom stereocenters. The van der Waals surface area contributed by atoms with Gasteiger partial charge in [0.25, 0.3) is 0 Å². The summed E-state index contributed by atoms with van der Waals surface area (Å²) in [6.45, 7) is 4.67. The fourth-order valence-electron chi connectivity index (χ4n) is 2.52. The van der Waals surface area contributed by atoms with Crippen LogP contribution in [0.4, 0.5) is 5.82 Å². The Hall–Kier alpha value is -2.44. The molecule has 2 aromatic rings. The molecule has 7 heteroatoms. The highest BCUT2D eigenvalue weighted by atomic mass is 16.2. The molecule has 1 amide bonds. The van der Waals surface area contributed by atoms with Crippen LogP contribution in [0.15, 0.2) is 18.5 Å². The molecule has 0 radical (unpaired) electrons. The van der Waals surface area contributed by atoms with E-state index in [1.807, 2.05) is 27.0 Å². The van der Waals surface area contributed by atoms with Crippen molar-refractivity contribution in [2.75, 3.05) is 18.9 Å². The Balaban J connectivity index is 1.84. The number of hydrogen-bond acceptors (Lipinski definition) is 5. The molecule has 0 aliphatic carbocycles. The number of hydrogen-bond donors (Lipinski definition) is 1. The molecule has 1 saturated heterocycles. The van der Waals surface area contributed by atoms with Crippen molar-refractivity contribution in [3.63, 3.8) is 0 Å². The fourth-order valence-corrected chi connectivity index (χ4v) is 2.52. The third-order valence-electron chi connectivity index (χ3n) is 3.60. The van der Waals surface area contributed by atoms with Gasteiger partial charge in [0, 0.05) is 19.3 Å². The van der Waals surface area contributed by atoms with Gasteiger partial charge in [0.15, 0.2) is 5.82 Å². The first-order valence-corrected chi connectivity index (χ1v) is 6.92. The number of aromatic nitrogens is 4. The number of aryl methyl sites for hydroxylation is 2. The van der Waals surface area contributed by atoms with Crippen LogP contribution in [0.3, 0.4) is 0 Å². The maximum Gasteiger partial charge on any atom is 0.244 e. The standard InChI is InChI=1S/C14H18N6O/c1-9-6-10(2)20(18-9)13-8-15-7-12(17-13)16-11-4-5-19(3)14(11)21/h6-8,11H,4-5H2,1-3H3,(H,16,17)/t11-/m0/s1. The van der Waals surface area contributed by atoms with E-state index in [1.165, 1.54) is 0 Å². The first kappa shape index (κ1) is 13.5. The summed E-state index contributed by atoms with van der Waals surface area (Å²) in [6, 6.07) is 1.76. The quantitative estimate of drug-likeness (QED) is 0.908. The van der Waals surface area contributed by atoms with Gasteiger partial charge in [-0.25, -0.2) is 9.67 Å². The van der Waals surface area contributed by atoms with Gasteiger partial charge < -0.3 is 10.2 Å². The van der Waals surface area contributed by atoms with Crippen molar-refractivity contribution in [3.8, 4) is 5.82 Å². The lowest BCUT2D eigenvalue weighted by Gasteiger charge is -2.13. The third kappa shape index (κ3) is 2.58. The molecule has 1 aliphatic heterocycles. The summed E-state index contributed by atoms with van der Waals surface area (Å²) in [5.41, 5.74) is 1.93. The van der Waals surface area contributed by atoms with Gasteiger partial charge in [-0.3, -0.25) is 9.78 Å². The normalized spacial score (nSPS) is 18.3. The van der Waals surface area contributed by atoms with Crippen molar-refractivity contribution in [2.24, 2.45) is 0 Å². The predicted molar refractivity (Wildman–Crippen MR) is 78.3 cm³/mol. The molecule has 110 valence electrons. The van der Waals surface area contributed by atoms with Gasteiger partial charge >= 0.3 is 0 Å². The SMILES string of the molecule is Cc1cc(C)n(-c2cncc(N[C@H]3CCN(C)C3=O)n2)n1. The summed E-state index contributed by atoms with van der Waals surface area (Å²) >= 11 is 0. The van der Waals surface area contributed by atoms with Crippen LogP contribution >= 0.6 is 0 Å². The molecule has 0 unspecified atom stereocenters. The predicted octanol–water partition coefficient (Wildman–Crippen LogP) is 0.922.